The fourth-order valence-electron chi connectivity index (χ4n) is 3.06. The highest BCUT2D eigenvalue weighted by atomic mass is 16.5. The van der Waals surface area contributed by atoms with Crippen molar-refractivity contribution in [2.75, 3.05) is 19.8 Å². The summed E-state index contributed by atoms with van der Waals surface area (Å²) < 4.78 is 5.58. The summed E-state index contributed by atoms with van der Waals surface area (Å²) in [5, 5.41) is 0. The molecule has 3 rings (SSSR count). The SMILES string of the molecule is C=CC(=O)N1CCOCC1c1cc(C)cc(-c2cc[nH]c(=O)c2)c1. The molecule has 1 saturated heterocycles. The van der Waals surface area contributed by atoms with Crippen molar-refractivity contribution < 1.29 is 9.53 Å². The molecule has 1 atom stereocenters. The van der Waals surface area contributed by atoms with E-state index in [1.807, 2.05) is 25.1 Å². The van der Waals surface area contributed by atoms with E-state index in [2.05, 4.69) is 17.6 Å². The van der Waals surface area contributed by atoms with Crippen LogP contribution in [0.4, 0.5) is 0 Å². The minimum atomic E-state index is -0.148. The second kappa shape index (κ2) is 6.84. The van der Waals surface area contributed by atoms with Crippen LogP contribution in [0.1, 0.15) is 17.2 Å². The zero-order valence-corrected chi connectivity index (χ0v) is 13.6. The van der Waals surface area contributed by atoms with Crippen molar-refractivity contribution in [3.8, 4) is 11.1 Å². The number of pyridine rings is 1. The normalized spacial score (nSPS) is 17.5. The second-order valence-corrected chi connectivity index (χ2v) is 5.90. The number of morpholine rings is 1. The van der Waals surface area contributed by atoms with Crippen molar-refractivity contribution in [2.24, 2.45) is 0 Å². The van der Waals surface area contributed by atoms with Gasteiger partial charge in [-0.15, -0.1) is 0 Å². The molecule has 0 saturated carbocycles. The van der Waals surface area contributed by atoms with Crippen LogP contribution in [0.2, 0.25) is 0 Å². The number of carbonyl (C=O) groups is 1. The number of aryl methyl sites for hydroxylation is 1. The van der Waals surface area contributed by atoms with Crippen molar-refractivity contribution >= 4 is 5.91 Å². The molecule has 2 heterocycles. The number of hydrogen-bond acceptors (Lipinski definition) is 3. The minimum absolute atomic E-state index is 0.0949. The summed E-state index contributed by atoms with van der Waals surface area (Å²) in [4.78, 5) is 28.1. The Morgan fingerprint density at radius 2 is 2.17 bits per heavy atom. The number of H-pyrrole nitrogens is 1. The van der Waals surface area contributed by atoms with Crippen LogP contribution in [0.15, 0.2) is 54.0 Å². The van der Waals surface area contributed by atoms with E-state index in [0.29, 0.717) is 19.8 Å². The maximum atomic E-state index is 12.1. The van der Waals surface area contributed by atoms with Gasteiger partial charge in [-0.05, 0) is 41.8 Å². The number of carbonyl (C=O) groups excluding carboxylic acids is 1. The van der Waals surface area contributed by atoms with Crippen molar-refractivity contribution in [1.29, 1.82) is 0 Å². The summed E-state index contributed by atoms with van der Waals surface area (Å²) in [5.74, 6) is -0.0949. The number of aromatic amines is 1. The van der Waals surface area contributed by atoms with Gasteiger partial charge in [0.05, 0.1) is 19.3 Å². The molecule has 1 fully saturated rings. The Bertz CT molecular complexity index is 825. The molecule has 1 aromatic heterocycles. The molecule has 5 heteroatoms. The lowest BCUT2D eigenvalue weighted by atomic mass is 9.96. The van der Waals surface area contributed by atoms with E-state index in [4.69, 9.17) is 4.74 Å². The molecule has 0 aliphatic carbocycles. The molecule has 1 aliphatic rings. The Labute approximate surface area is 140 Å². The van der Waals surface area contributed by atoms with Crippen molar-refractivity contribution in [1.82, 2.24) is 9.88 Å². The number of nitrogens with one attached hydrogen (secondary N) is 1. The average Bonchev–Trinajstić information content (AvgIpc) is 2.60. The topological polar surface area (TPSA) is 62.4 Å². The summed E-state index contributed by atoms with van der Waals surface area (Å²) in [6.45, 7) is 7.12. The maximum absolute atomic E-state index is 12.1. The van der Waals surface area contributed by atoms with Crippen molar-refractivity contribution in [2.45, 2.75) is 13.0 Å². The first-order valence-corrected chi connectivity index (χ1v) is 7.90. The molecule has 1 aromatic carbocycles. The van der Waals surface area contributed by atoms with Crippen molar-refractivity contribution in [3.05, 3.63) is 70.7 Å². The number of benzene rings is 1. The quantitative estimate of drug-likeness (QED) is 0.882. The smallest absolute Gasteiger partial charge is 0.248 e. The Morgan fingerprint density at radius 3 is 2.92 bits per heavy atom. The van der Waals surface area contributed by atoms with Crippen LogP contribution in [0.5, 0.6) is 0 Å². The molecule has 1 unspecified atom stereocenters. The van der Waals surface area contributed by atoms with E-state index in [-0.39, 0.29) is 17.5 Å². The van der Waals surface area contributed by atoms with E-state index < -0.39 is 0 Å². The van der Waals surface area contributed by atoms with Crippen molar-refractivity contribution in [3.63, 3.8) is 0 Å². The number of ether oxygens (including phenoxy) is 1. The predicted molar refractivity (Wildman–Crippen MR) is 92.7 cm³/mol. The first-order valence-electron chi connectivity index (χ1n) is 7.90. The van der Waals surface area contributed by atoms with Gasteiger partial charge in [0.15, 0.2) is 0 Å². The maximum Gasteiger partial charge on any atom is 0.248 e. The Hall–Kier alpha value is -2.66. The van der Waals surface area contributed by atoms with Crippen LogP contribution >= 0.6 is 0 Å². The Kier molecular flexibility index (Phi) is 4.62. The molecule has 0 radical (unpaired) electrons. The molecular formula is C19H20N2O3. The largest absolute Gasteiger partial charge is 0.377 e. The summed E-state index contributed by atoms with van der Waals surface area (Å²) in [6, 6.07) is 9.39. The monoisotopic (exact) mass is 324 g/mol. The van der Waals surface area contributed by atoms with E-state index >= 15 is 0 Å². The zero-order chi connectivity index (χ0) is 17.1. The van der Waals surface area contributed by atoms with Gasteiger partial charge < -0.3 is 14.6 Å². The van der Waals surface area contributed by atoms with Crippen LogP contribution in [-0.4, -0.2) is 35.5 Å². The Morgan fingerprint density at radius 1 is 1.33 bits per heavy atom. The third kappa shape index (κ3) is 3.31. The van der Waals surface area contributed by atoms with Gasteiger partial charge in [-0.25, -0.2) is 0 Å². The number of amides is 1. The molecule has 1 aliphatic heterocycles. The number of hydrogen-bond donors (Lipinski definition) is 1. The van der Waals surface area contributed by atoms with Gasteiger partial charge in [0.25, 0.3) is 0 Å². The van der Waals surface area contributed by atoms with E-state index in [0.717, 1.165) is 22.3 Å². The van der Waals surface area contributed by atoms with Gasteiger partial charge in [-0.2, -0.15) is 0 Å². The number of rotatable bonds is 3. The molecule has 24 heavy (non-hydrogen) atoms. The summed E-state index contributed by atoms with van der Waals surface area (Å²) >= 11 is 0. The van der Waals surface area contributed by atoms with Gasteiger partial charge in [0, 0.05) is 18.8 Å². The second-order valence-electron chi connectivity index (χ2n) is 5.90. The highest BCUT2D eigenvalue weighted by Gasteiger charge is 2.27. The number of aromatic nitrogens is 1. The van der Waals surface area contributed by atoms with Gasteiger partial charge in [-0.3, -0.25) is 9.59 Å². The van der Waals surface area contributed by atoms with Crippen LogP contribution in [-0.2, 0) is 9.53 Å². The van der Waals surface area contributed by atoms with E-state index in [1.54, 1.807) is 17.2 Å². The van der Waals surface area contributed by atoms with Gasteiger partial charge in [0.2, 0.25) is 11.5 Å². The van der Waals surface area contributed by atoms with E-state index in [1.165, 1.54) is 6.08 Å². The standard InChI is InChI=1S/C19H20N2O3/c1-3-19(23)21-6-7-24-12-17(21)16-9-13(2)8-15(10-16)14-4-5-20-18(22)11-14/h3-5,8-11,17H,1,6-7,12H2,2H3,(H,20,22). The fourth-order valence-corrected chi connectivity index (χ4v) is 3.06. The predicted octanol–water partition coefficient (Wildman–Crippen LogP) is 2.44. The fraction of sp³-hybridized carbons (Fsp3) is 0.263. The molecule has 2 aromatic rings. The van der Waals surface area contributed by atoms with Crippen LogP contribution in [0.25, 0.3) is 11.1 Å². The molecule has 1 amide bonds. The van der Waals surface area contributed by atoms with Crippen LogP contribution in [0.3, 0.4) is 0 Å². The van der Waals surface area contributed by atoms with Gasteiger partial charge >= 0.3 is 0 Å². The zero-order valence-electron chi connectivity index (χ0n) is 13.6. The molecule has 124 valence electrons. The molecule has 0 bridgehead atoms. The molecule has 0 spiro atoms. The van der Waals surface area contributed by atoms with Gasteiger partial charge in [-0.1, -0.05) is 24.3 Å². The first kappa shape index (κ1) is 16.2. The minimum Gasteiger partial charge on any atom is -0.377 e. The highest BCUT2D eigenvalue weighted by Crippen LogP contribution is 2.29. The molecular weight excluding hydrogens is 304 g/mol. The summed E-state index contributed by atoms with van der Waals surface area (Å²) in [7, 11) is 0. The summed E-state index contributed by atoms with van der Waals surface area (Å²) in [6.07, 6.45) is 2.97. The van der Waals surface area contributed by atoms with E-state index in [9.17, 15) is 9.59 Å². The average molecular weight is 324 g/mol. The van der Waals surface area contributed by atoms with Gasteiger partial charge in [0.1, 0.15) is 0 Å². The van der Waals surface area contributed by atoms with Crippen LogP contribution in [0, 0.1) is 6.92 Å². The lowest BCUT2D eigenvalue weighted by molar-refractivity contribution is -0.134. The third-order valence-electron chi connectivity index (χ3n) is 4.18. The Balaban J connectivity index is 2.03. The number of nitrogens with zero attached hydrogens (tertiary/aromatic N) is 1. The lowest BCUT2D eigenvalue weighted by Gasteiger charge is -2.35. The first-order chi connectivity index (χ1) is 11.6. The van der Waals surface area contributed by atoms with Crippen LogP contribution < -0.4 is 5.56 Å². The highest BCUT2D eigenvalue weighted by molar-refractivity contribution is 5.87. The molecule has 5 nitrogen and oxygen atoms in total. The summed E-state index contributed by atoms with van der Waals surface area (Å²) in [5.41, 5.74) is 3.73. The lowest BCUT2D eigenvalue weighted by Crippen LogP contribution is -2.42. The molecule has 1 N–H and O–H groups in total. The third-order valence-corrected chi connectivity index (χ3v) is 4.18.